The average Bonchev–Trinajstić information content (AvgIpc) is 3.02. The Morgan fingerprint density at radius 1 is 1.26 bits per heavy atom. The molecule has 2 saturated heterocycles. The van der Waals surface area contributed by atoms with E-state index in [0.717, 1.165) is 25.7 Å². The first-order chi connectivity index (χ1) is 14.5. The molecule has 31 heavy (non-hydrogen) atoms. The Bertz CT molecular complexity index is 826. The van der Waals surface area contributed by atoms with Crippen LogP contribution in [-0.4, -0.2) is 65.8 Å². The number of ether oxygens (including phenoxy) is 2. The number of nitrogens with zero attached hydrogens (tertiary/aromatic N) is 2. The number of aliphatic imine (C=N–C) groups is 1. The number of nitrogens with one attached hydrogen (secondary N) is 1. The van der Waals surface area contributed by atoms with Crippen molar-refractivity contribution in [3.8, 4) is 0 Å². The molecule has 172 valence electrons. The highest BCUT2D eigenvalue weighted by molar-refractivity contribution is 8.16. The highest BCUT2D eigenvalue weighted by atomic mass is 32.2. The van der Waals surface area contributed by atoms with Gasteiger partial charge in [0.2, 0.25) is 5.91 Å². The maximum atomic E-state index is 13.2. The predicted molar refractivity (Wildman–Crippen MR) is 114 cm³/mol. The lowest BCUT2D eigenvalue weighted by atomic mass is 9.90. The predicted octanol–water partition coefficient (Wildman–Crippen LogP) is 3.31. The number of amidine groups is 1. The van der Waals surface area contributed by atoms with Crippen molar-refractivity contribution in [1.82, 2.24) is 10.2 Å². The maximum Gasteiger partial charge on any atom is 0.416 e. The third-order valence-electron chi connectivity index (χ3n) is 5.79. The zero-order chi connectivity index (χ0) is 22.7. The summed E-state index contributed by atoms with van der Waals surface area (Å²) < 4.78 is 50.1. The molecule has 0 radical (unpaired) electrons. The molecule has 2 aliphatic heterocycles. The highest BCUT2D eigenvalue weighted by Crippen LogP contribution is 2.43. The molecule has 0 bridgehead atoms. The van der Waals surface area contributed by atoms with Crippen LogP contribution in [0, 0.1) is 0 Å². The van der Waals surface area contributed by atoms with Crippen LogP contribution in [-0.2, 0) is 27.0 Å². The Balaban J connectivity index is 1.64. The van der Waals surface area contributed by atoms with Crippen LogP contribution in [0.5, 0.6) is 0 Å². The number of carbonyl (C=O) groups is 1. The number of thioether (sulfide) groups is 1. The van der Waals surface area contributed by atoms with Gasteiger partial charge >= 0.3 is 6.18 Å². The number of morpholine rings is 1. The lowest BCUT2D eigenvalue weighted by Gasteiger charge is -2.38. The van der Waals surface area contributed by atoms with Crippen LogP contribution in [0.3, 0.4) is 0 Å². The van der Waals surface area contributed by atoms with Gasteiger partial charge in [-0.1, -0.05) is 30.0 Å². The van der Waals surface area contributed by atoms with E-state index >= 15 is 0 Å². The van der Waals surface area contributed by atoms with E-state index in [0.29, 0.717) is 25.0 Å². The molecule has 1 amide bonds. The van der Waals surface area contributed by atoms with E-state index in [1.165, 1.54) is 23.9 Å². The summed E-state index contributed by atoms with van der Waals surface area (Å²) in [6, 6.07) is 5.32. The van der Waals surface area contributed by atoms with E-state index in [9.17, 15) is 18.0 Å². The molecule has 6 nitrogen and oxygen atoms in total. The number of rotatable bonds is 7. The van der Waals surface area contributed by atoms with Gasteiger partial charge in [0.1, 0.15) is 4.75 Å². The molecule has 0 saturated carbocycles. The van der Waals surface area contributed by atoms with Gasteiger partial charge in [-0.05, 0) is 32.4 Å². The highest BCUT2D eigenvalue weighted by Gasteiger charge is 2.54. The molecule has 2 fully saturated rings. The zero-order valence-corrected chi connectivity index (χ0v) is 18.7. The Hall–Kier alpha value is -1.62. The first-order valence-electron chi connectivity index (χ1n) is 10.2. The molecule has 10 heteroatoms. The van der Waals surface area contributed by atoms with Crippen molar-refractivity contribution in [3.05, 3.63) is 35.4 Å². The molecule has 1 unspecified atom stereocenters. The van der Waals surface area contributed by atoms with Crippen LogP contribution in [0.15, 0.2) is 29.3 Å². The minimum Gasteiger partial charge on any atom is -0.379 e. The summed E-state index contributed by atoms with van der Waals surface area (Å²) >= 11 is 1.20. The second-order valence-electron chi connectivity index (χ2n) is 8.18. The topological polar surface area (TPSA) is 63.2 Å². The van der Waals surface area contributed by atoms with Gasteiger partial charge in [-0.2, -0.15) is 13.2 Å². The van der Waals surface area contributed by atoms with Crippen molar-refractivity contribution in [3.63, 3.8) is 0 Å². The first kappa shape index (κ1) is 24.0. The summed E-state index contributed by atoms with van der Waals surface area (Å²) in [5.41, 5.74) is -1.47. The lowest BCUT2D eigenvalue weighted by molar-refractivity contribution is -0.138. The van der Waals surface area contributed by atoms with E-state index in [4.69, 9.17) is 9.47 Å². The Kier molecular flexibility index (Phi) is 7.35. The van der Waals surface area contributed by atoms with Gasteiger partial charge in [-0.3, -0.25) is 14.7 Å². The van der Waals surface area contributed by atoms with Crippen molar-refractivity contribution in [2.75, 3.05) is 39.5 Å². The molecule has 1 N–H and O–H groups in total. The molecule has 1 aromatic carbocycles. The number of carbonyl (C=O) groups excluding carboxylic acids is 1. The summed E-state index contributed by atoms with van der Waals surface area (Å²) in [7, 11) is 0. The summed E-state index contributed by atoms with van der Waals surface area (Å²) in [5, 5.41) is 3.00. The Morgan fingerprint density at radius 3 is 2.61 bits per heavy atom. The van der Waals surface area contributed by atoms with Crippen LogP contribution < -0.4 is 5.32 Å². The van der Waals surface area contributed by atoms with Crippen LogP contribution in [0.25, 0.3) is 0 Å². The van der Waals surface area contributed by atoms with Crippen molar-refractivity contribution < 1.29 is 27.4 Å². The van der Waals surface area contributed by atoms with Gasteiger partial charge in [-0.15, -0.1) is 0 Å². The number of alkyl halides is 3. The average molecular weight is 460 g/mol. The van der Waals surface area contributed by atoms with Gasteiger partial charge in [-0.25, -0.2) is 0 Å². The maximum absolute atomic E-state index is 13.2. The van der Waals surface area contributed by atoms with E-state index in [2.05, 4.69) is 15.2 Å². The van der Waals surface area contributed by atoms with Crippen molar-refractivity contribution >= 4 is 22.8 Å². The van der Waals surface area contributed by atoms with Crippen molar-refractivity contribution in [1.29, 1.82) is 0 Å². The van der Waals surface area contributed by atoms with E-state index in [-0.39, 0.29) is 18.0 Å². The third-order valence-corrected chi connectivity index (χ3v) is 7.30. The molecule has 0 aliphatic carbocycles. The summed E-state index contributed by atoms with van der Waals surface area (Å²) in [4.78, 5) is 19.3. The quantitative estimate of drug-likeness (QED) is 0.678. The Morgan fingerprint density at radius 2 is 1.94 bits per heavy atom. The molecule has 1 aromatic rings. The van der Waals surface area contributed by atoms with Gasteiger partial charge in [0.05, 0.1) is 37.5 Å². The van der Waals surface area contributed by atoms with E-state index < -0.39 is 22.1 Å². The standard InChI is InChI=1S/C21H28F3N3O3S/c1-19(2,30-13-10-27-8-11-29-12-9-27)20(3)17(28)26-18(31-20)25-14-15-6-4-5-7-16(15)21(22,23)24/h4-7H,8-14H2,1-3H3,(H,25,26,28). The molecule has 3 rings (SSSR count). The largest absolute Gasteiger partial charge is 0.416 e. The smallest absolute Gasteiger partial charge is 0.379 e. The number of amides is 1. The fourth-order valence-electron chi connectivity index (χ4n) is 3.43. The lowest BCUT2D eigenvalue weighted by Crippen LogP contribution is -2.53. The zero-order valence-electron chi connectivity index (χ0n) is 17.9. The second kappa shape index (κ2) is 9.48. The van der Waals surface area contributed by atoms with E-state index in [1.54, 1.807) is 13.0 Å². The Labute approximate surface area is 184 Å². The van der Waals surface area contributed by atoms with Crippen LogP contribution >= 0.6 is 11.8 Å². The van der Waals surface area contributed by atoms with Crippen LogP contribution in [0.1, 0.15) is 31.9 Å². The minimum atomic E-state index is -4.45. The minimum absolute atomic E-state index is 0.0620. The van der Waals surface area contributed by atoms with Crippen molar-refractivity contribution in [2.45, 2.75) is 43.8 Å². The van der Waals surface area contributed by atoms with Gasteiger partial charge in [0.15, 0.2) is 5.17 Å². The third kappa shape index (κ3) is 5.60. The van der Waals surface area contributed by atoms with Gasteiger partial charge < -0.3 is 14.8 Å². The molecule has 1 atom stereocenters. The monoisotopic (exact) mass is 459 g/mol. The number of benzene rings is 1. The second-order valence-corrected chi connectivity index (χ2v) is 9.59. The molecular weight excluding hydrogens is 431 g/mol. The van der Waals surface area contributed by atoms with Crippen LogP contribution in [0.2, 0.25) is 0 Å². The van der Waals surface area contributed by atoms with Gasteiger partial charge in [0.25, 0.3) is 0 Å². The molecule has 2 aliphatic rings. The first-order valence-corrected chi connectivity index (χ1v) is 11.0. The van der Waals surface area contributed by atoms with Crippen molar-refractivity contribution in [2.24, 2.45) is 4.99 Å². The number of hydrogen-bond acceptors (Lipinski definition) is 6. The normalized spacial score (nSPS) is 24.6. The van der Waals surface area contributed by atoms with Gasteiger partial charge in [0, 0.05) is 19.6 Å². The van der Waals surface area contributed by atoms with E-state index in [1.807, 2.05) is 13.8 Å². The SMILES string of the molecule is CC(C)(OCCN1CCOCC1)C1(C)SC(=NCc2ccccc2C(F)(F)F)NC1=O. The fourth-order valence-corrected chi connectivity index (χ4v) is 4.54. The molecular formula is C21H28F3N3O3S. The number of halogens is 3. The summed E-state index contributed by atoms with van der Waals surface area (Å²) in [6.07, 6.45) is -4.45. The fraction of sp³-hybridized carbons (Fsp3) is 0.619. The summed E-state index contributed by atoms with van der Waals surface area (Å²) in [6.45, 7) is 9.61. The molecule has 0 aromatic heterocycles. The molecule has 0 spiro atoms. The number of hydrogen-bond donors (Lipinski definition) is 1. The molecule has 2 heterocycles. The van der Waals surface area contributed by atoms with Crippen LogP contribution in [0.4, 0.5) is 13.2 Å². The summed E-state index contributed by atoms with van der Waals surface area (Å²) in [5.74, 6) is -0.267.